The van der Waals surface area contributed by atoms with Gasteiger partial charge in [0.15, 0.2) is 0 Å². The highest BCUT2D eigenvalue weighted by molar-refractivity contribution is 9.10. The van der Waals surface area contributed by atoms with E-state index in [-0.39, 0.29) is 4.21 Å². The van der Waals surface area contributed by atoms with Crippen LogP contribution in [0.4, 0.5) is 5.69 Å². The monoisotopic (exact) mass is 380 g/mol. The highest BCUT2D eigenvalue weighted by atomic mass is 79.9. The highest BCUT2D eigenvalue weighted by Crippen LogP contribution is 2.31. The van der Waals surface area contributed by atoms with Gasteiger partial charge in [-0.25, -0.2) is 13.4 Å². The normalized spacial score (nSPS) is 11.6. The van der Waals surface area contributed by atoms with E-state index in [0.29, 0.717) is 14.6 Å². The first-order valence-electron chi connectivity index (χ1n) is 5.20. The number of hydrogen-bond acceptors (Lipinski definition) is 4. The van der Waals surface area contributed by atoms with Gasteiger partial charge in [-0.2, -0.15) is 0 Å². The predicted octanol–water partition coefficient (Wildman–Crippen LogP) is 3.98. The van der Waals surface area contributed by atoms with Gasteiger partial charge in [-0.15, -0.1) is 11.3 Å². The number of rotatable bonds is 3. The lowest BCUT2D eigenvalue weighted by molar-refractivity contribution is 0.603. The number of pyridine rings is 1. The largest absolute Gasteiger partial charge is 0.277 e. The molecule has 2 rings (SSSR count). The summed E-state index contributed by atoms with van der Waals surface area (Å²) in [5.74, 6) is 0. The fourth-order valence-electron chi connectivity index (χ4n) is 1.38. The quantitative estimate of drug-likeness (QED) is 0.818. The summed E-state index contributed by atoms with van der Waals surface area (Å²) >= 11 is 10.2. The standard InChI is InChI=1S/C11H10BrClN2O2S2/c1-6-3-8(5-14-10(6)12)15-19(16,17)9-4-7(2)11(13)18-9/h3-5,15H,1-2H3. The topological polar surface area (TPSA) is 59.1 Å². The molecule has 2 aromatic rings. The second kappa shape index (κ2) is 5.40. The Morgan fingerprint density at radius 3 is 2.53 bits per heavy atom. The van der Waals surface area contributed by atoms with E-state index in [1.165, 1.54) is 6.20 Å². The summed E-state index contributed by atoms with van der Waals surface area (Å²) in [7, 11) is -3.62. The summed E-state index contributed by atoms with van der Waals surface area (Å²) in [4.78, 5) is 4.05. The lowest BCUT2D eigenvalue weighted by Crippen LogP contribution is -2.11. The van der Waals surface area contributed by atoms with Crippen molar-refractivity contribution in [3.8, 4) is 0 Å². The van der Waals surface area contributed by atoms with Crippen molar-refractivity contribution in [3.05, 3.63) is 38.4 Å². The van der Waals surface area contributed by atoms with E-state index >= 15 is 0 Å². The van der Waals surface area contributed by atoms with Crippen LogP contribution >= 0.6 is 38.9 Å². The molecule has 0 unspecified atom stereocenters. The third kappa shape index (κ3) is 3.28. The number of nitrogens with one attached hydrogen (secondary N) is 1. The molecule has 0 bridgehead atoms. The van der Waals surface area contributed by atoms with Crippen LogP contribution in [0, 0.1) is 13.8 Å². The van der Waals surface area contributed by atoms with Crippen molar-refractivity contribution in [1.29, 1.82) is 0 Å². The third-order valence-electron chi connectivity index (χ3n) is 2.37. The van der Waals surface area contributed by atoms with E-state index in [9.17, 15) is 8.42 Å². The van der Waals surface area contributed by atoms with Crippen LogP contribution in [0.1, 0.15) is 11.1 Å². The zero-order valence-electron chi connectivity index (χ0n) is 10.1. The lowest BCUT2D eigenvalue weighted by Gasteiger charge is -2.07. The first kappa shape index (κ1) is 14.8. The van der Waals surface area contributed by atoms with E-state index in [1.54, 1.807) is 19.1 Å². The van der Waals surface area contributed by atoms with E-state index in [2.05, 4.69) is 25.6 Å². The van der Waals surface area contributed by atoms with Crippen LogP contribution in [-0.4, -0.2) is 13.4 Å². The molecule has 8 heteroatoms. The molecular weight excluding hydrogens is 372 g/mol. The molecule has 102 valence electrons. The molecule has 19 heavy (non-hydrogen) atoms. The summed E-state index contributed by atoms with van der Waals surface area (Å²) in [6, 6.07) is 3.26. The molecule has 4 nitrogen and oxygen atoms in total. The van der Waals surface area contributed by atoms with Crippen LogP contribution < -0.4 is 4.72 Å². The van der Waals surface area contributed by atoms with Gasteiger partial charge < -0.3 is 0 Å². The average Bonchev–Trinajstić information content (AvgIpc) is 2.65. The molecule has 1 N–H and O–H groups in total. The molecule has 0 radical (unpaired) electrons. The number of aryl methyl sites for hydroxylation is 2. The Morgan fingerprint density at radius 2 is 2.00 bits per heavy atom. The maximum absolute atomic E-state index is 12.2. The molecule has 2 aromatic heterocycles. The first-order chi connectivity index (χ1) is 8.79. The molecule has 0 aromatic carbocycles. The molecule has 0 saturated heterocycles. The molecule has 0 spiro atoms. The number of thiophene rings is 1. The second-order valence-corrected chi connectivity index (χ2v) is 8.27. The molecule has 0 amide bonds. The van der Waals surface area contributed by atoms with Crippen LogP contribution in [0.5, 0.6) is 0 Å². The van der Waals surface area contributed by atoms with Crippen molar-refractivity contribution in [2.24, 2.45) is 0 Å². The summed E-state index contributed by atoms with van der Waals surface area (Å²) in [6.07, 6.45) is 1.46. The average molecular weight is 382 g/mol. The van der Waals surface area contributed by atoms with Gasteiger partial charge in [-0.05, 0) is 53.0 Å². The van der Waals surface area contributed by atoms with Gasteiger partial charge in [0, 0.05) is 0 Å². The fourth-order valence-corrected chi connectivity index (χ4v) is 4.34. The Labute approximate surface area is 129 Å². The minimum absolute atomic E-state index is 0.190. The molecule has 0 atom stereocenters. The van der Waals surface area contributed by atoms with Crippen LogP contribution in [0.2, 0.25) is 4.34 Å². The van der Waals surface area contributed by atoms with Gasteiger partial charge in [0.25, 0.3) is 10.0 Å². The van der Waals surface area contributed by atoms with Gasteiger partial charge in [-0.1, -0.05) is 11.6 Å². The van der Waals surface area contributed by atoms with Gasteiger partial charge >= 0.3 is 0 Å². The number of anilines is 1. The molecule has 0 aliphatic carbocycles. The number of nitrogens with zero attached hydrogens (tertiary/aromatic N) is 1. The fraction of sp³-hybridized carbons (Fsp3) is 0.182. The maximum Gasteiger partial charge on any atom is 0.271 e. The second-order valence-electron chi connectivity index (χ2n) is 3.96. The predicted molar refractivity (Wildman–Crippen MR) is 81.5 cm³/mol. The molecule has 0 fully saturated rings. The zero-order valence-corrected chi connectivity index (χ0v) is 14.0. The molecule has 0 saturated carbocycles. The smallest absolute Gasteiger partial charge is 0.271 e. The Hall–Kier alpha value is -0.630. The summed E-state index contributed by atoms with van der Waals surface area (Å²) < 4.78 is 28.2. The first-order valence-corrected chi connectivity index (χ1v) is 8.67. The van der Waals surface area contributed by atoms with E-state index in [4.69, 9.17) is 11.6 Å². The number of halogens is 2. The van der Waals surface area contributed by atoms with Gasteiger partial charge in [0.2, 0.25) is 0 Å². The van der Waals surface area contributed by atoms with Crippen molar-refractivity contribution in [2.75, 3.05) is 4.72 Å². The van der Waals surface area contributed by atoms with Crippen LogP contribution in [0.15, 0.2) is 27.1 Å². The van der Waals surface area contributed by atoms with Gasteiger partial charge in [0.1, 0.15) is 8.81 Å². The van der Waals surface area contributed by atoms with Crippen molar-refractivity contribution >= 4 is 54.6 Å². The van der Waals surface area contributed by atoms with Crippen LogP contribution in [0.3, 0.4) is 0 Å². The Morgan fingerprint density at radius 1 is 1.32 bits per heavy atom. The van der Waals surface area contributed by atoms with Crippen molar-refractivity contribution in [2.45, 2.75) is 18.1 Å². The molecular formula is C11H10BrClN2O2S2. The van der Waals surface area contributed by atoms with E-state index in [1.807, 2.05) is 6.92 Å². The minimum Gasteiger partial charge on any atom is -0.277 e. The SMILES string of the molecule is Cc1cc(NS(=O)(=O)c2cc(C)c(Cl)s2)cnc1Br. The van der Waals surface area contributed by atoms with Crippen molar-refractivity contribution in [1.82, 2.24) is 4.98 Å². The number of hydrogen-bond donors (Lipinski definition) is 1. The highest BCUT2D eigenvalue weighted by Gasteiger charge is 2.18. The Balaban J connectivity index is 2.33. The van der Waals surface area contributed by atoms with Crippen LogP contribution in [-0.2, 0) is 10.0 Å². The minimum atomic E-state index is -3.62. The Kier molecular flexibility index (Phi) is 4.20. The number of sulfonamides is 1. The van der Waals surface area contributed by atoms with Crippen LogP contribution in [0.25, 0.3) is 0 Å². The van der Waals surface area contributed by atoms with E-state index < -0.39 is 10.0 Å². The molecule has 0 aliphatic heterocycles. The zero-order chi connectivity index (χ0) is 14.2. The van der Waals surface area contributed by atoms with Crippen molar-refractivity contribution in [3.63, 3.8) is 0 Å². The van der Waals surface area contributed by atoms with Gasteiger partial charge in [-0.3, -0.25) is 4.72 Å². The molecule has 2 heterocycles. The molecule has 0 aliphatic rings. The van der Waals surface area contributed by atoms with Crippen molar-refractivity contribution < 1.29 is 8.42 Å². The lowest BCUT2D eigenvalue weighted by atomic mass is 10.3. The van der Waals surface area contributed by atoms with Gasteiger partial charge in [0.05, 0.1) is 16.2 Å². The van der Waals surface area contributed by atoms with E-state index in [0.717, 1.165) is 22.5 Å². The number of aromatic nitrogens is 1. The third-order valence-corrected chi connectivity index (χ3v) is 6.61. The maximum atomic E-state index is 12.2. The summed E-state index contributed by atoms with van der Waals surface area (Å²) in [5.41, 5.74) is 2.01. The summed E-state index contributed by atoms with van der Waals surface area (Å²) in [6.45, 7) is 3.60. The summed E-state index contributed by atoms with van der Waals surface area (Å²) in [5, 5.41) is 0. The Bertz CT molecular complexity index is 709.